The van der Waals surface area contributed by atoms with Crippen molar-refractivity contribution in [1.29, 1.82) is 0 Å². The molecule has 0 aliphatic carbocycles. The summed E-state index contributed by atoms with van der Waals surface area (Å²) >= 11 is 0. The Morgan fingerprint density at radius 1 is 1.19 bits per heavy atom. The van der Waals surface area contributed by atoms with Gasteiger partial charge in [-0.1, -0.05) is 0 Å². The summed E-state index contributed by atoms with van der Waals surface area (Å²) in [6.45, 7) is 1.50. The first-order valence-electron chi connectivity index (χ1n) is 7.08. The predicted molar refractivity (Wildman–Crippen MR) is 85.4 cm³/mol. The highest BCUT2D eigenvalue weighted by Crippen LogP contribution is 2.26. The minimum Gasteiger partial charge on any atom is -0.464 e. The molecule has 0 fully saturated rings. The van der Waals surface area contributed by atoms with Crippen LogP contribution in [0.3, 0.4) is 0 Å². The maximum atomic E-state index is 12.5. The summed E-state index contributed by atoms with van der Waals surface area (Å²) in [5.74, 6) is -1.19. The third-order valence-corrected chi connectivity index (χ3v) is 5.01. The first-order chi connectivity index (χ1) is 11.9. The SMILES string of the molecule is COC(=O)c1cc(S(=O)(=O)Nc2ccc(OC(F)(F)F)cc2)c(C)n1C. The highest BCUT2D eigenvalue weighted by Gasteiger charge is 2.31. The van der Waals surface area contributed by atoms with Crippen molar-refractivity contribution >= 4 is 21.7 Å². The van der Waals surface area contributed by atoms with Crippen LogP contribution in [0.4, 0.5) is 18.9 Å². The molecule has 1 aromatic heterocycles. The number of carbonyl (C=O) groups excluding carboxylic acids is 1. The lowest BCUT2D eigenvalue weighted by molar-refractivity contribution is -0.274. The second-order valence-electron chi connectivity index (χ2n) is 5.21. The molecular weight excluding hydrogens is 377 g/mol. The van der Waals surface area contributed by atoms with Crippen molar-refractivity contribution in [3.8, 4) is 5.75 Å². The molecule has 7 nitrogen and oxygen atoms in total. The number of nitrogens with one attached hydrogen (secondary N) is 1. The van der Waals surface area contributed by atoms with Gasteiger partial charge in [-0.05, 0) is 37.3 Å². The molecule has 0 saturated carbocycles. The number of aromatic nitrogens is 1. The highest BCUT2D eigenvalue weighted by atomic mass is 32.2. The van der Waals surface area contributed by atoms with E-state index >= 15 is 0 Å². The van der Waals surface area contributed by atoms with Crippen LogP contribution in [0, 0.1) is 6.92 Å². The summed E-state index contributed by atoms with van der Waals surface area (Å²) in [6.07, 6.45) is -4.84. The number of ether oxygens (including phenoxy) is 2. The topological polar surface area (TPSA) is 86.6 Å². The number of sulfonamides is 1. The van der Waals surface area contributed by atoms with Crippen molar-refractivity contribution in [2.45, 2.75) is 18.2 Å². The molecule has 0 aliphatic heterocycles. The van der Waals surface area contributed by atoms with Gasteiger partial charge in [-0.15, -0.1) is 13.2 Å². The molecule has 0 spiro atoms. The molecule has 26 heavy (non-hydrogen) atoms. The summed E-state index contributed by atoms with van der Waals surface area (Å²) in [4.78, 5) is 11.5. The van der Waals surface area contributed by atoms with Crippen LogP contribution in [0.15, 0.2) is 35.2 Å². The fraction of sp³-hybridized carbons (Fsp3) is 0.267. The van der Waals surface area contributed by atoms with Crippen LogP contribution in [0.5, 0.6) is 5.75 Å². The Morgan fingerprint density at radius 3 is 2.27 bits per heavy atom. The third kappa shape index (κ3) is 4.28. The lowest BCUT2D eigenvalue weighted by Crippen LogP contribution is -2.17. The smallest absolute Gasteiger partial charge is 0.464 e. The van der Waals surface area contributed by atoms with E-state index in [0.717, 1.165) is 30.3 Å². The van der Waals surface area contributed by atoms with Gasteiger partial charge in [0.2, 0.25) is 0 Å². The molecular formula is C15H15F3N2O5S. The molecule has 0 unspecified atom stereocenters. The lowest BCUT2D eigenvalue weighted by atomic mass is 10.3. The number of benzene rings is 1. The van der Waals surface area contributed by atoms with E-state index in [9.17, 15) is 26.4 Å². The van der Waals surface area contributed by atoms with E-state index in [1.807, 2.05) is 0 Å². The van der Waals surface area contributed by atoms with Gasteiger partial charge in [0.25, 0.3) is 10.0 Å². The summed E-state index contributed by atoms with van der Waals surface area (Å²) in [6, 6.07) is 5.35. The van der Waals surface area contributed by atoms with E-state index in [4.69, 9.17) is 0 Å². The summed E-state index contributed by atoms with van der Waals surface area (Å²) in [7, 11) is -1.40. The largest absolute Gasteiger partial charge is 0.573 e. The second-order valence-corrected chi connectivity index (χ2v) is 6.86. The zero-order chi connectivity index (χ0) is 19.7. The molecule has 1 N–H and O–H groups in total. The number of nitrogens with zero attached hydrogens (tertiary/aromatic N) is 1. The lowest BCUT2D eigenvalue weighted by Gasteiger charge is -2.11. The molecule has 0 atom stereocenters. The minimum atomic E-state index is -4.84. The van der Waals surface area contributed by atoms with E-state index in [1.165, 1.54) is 25.6 Å². The molecule has 0 aliphatic rings. The summed E-state index contributed by atoms with van der Waals surface area (Å²) in [5, 5.41) is 0. The number of rotatable bonds is 5. The molecule has 2 rings (SSSR count). The standard InChI is InChI=1S/C15H15F3N2O5S/c1-9-13(8-12(20(9)2)14(21)24-3)26(22,23)19-10-4-6-11(7-5-10)25-15(16,17)18/h4-8,19H,1-3H3. The van der Waals surface area contributed by atoms with E-state index in [-0.39, 0.29) is 22.0 Å². The number of carbonyl (C=O) groups is 1. The van der Waals surface area contributed by atoms with Crippen LogP contribution in [-0.4, -0.2) is 32.4 Å². The molecule has 1 aromatic carbocycles. The fourth-order valence-corrected chi connectivity index (χ4v) is 3.53. The van der Waals surface area contributed by atoms with Gasteiger partial charge in [-0.3, -0.25) is 4.72 Å². The fourth-order valence-electron chi connectivity index (χ4n) is 2.18. The Morgan fingerprint density at radius 2 is 1.77 bits per heavy atom. The molecule has 1 heterocycles. The van der Waals surface area contributed by atoms with Gasteiger partial charge in [-0.2, -0.15) is 0 Å². The van der Waals surface area contributed by atoms with Crippen LogP contribution in [0.2, 0.25) is 0 Å². The monoisotopic (exact) mass is 392 g/mol. The van der Waals surface area contributed by atoms with Gasteiger partial charge in [0, 0.05) is 18.4 Å². The van der Waals surface area contributed by atoms with Crippen LogP contribution in [-0.2, 0) is 21.8 Å². The number of halogens is 3. The number of esters is 1. The number of alkyl halides is 3. The van der Waals surface area contributed by atoms with Crippen molar-refractivity contribution < 1.29 is 35.9 Å². The van der Waals surface area contributed by atoms with Gasteiger partial charge in [0.05, 0.1) is 7.11 Å². The van der Waals surface area contributed by atoms with Crippen molar-refractivity contribution in [3.63, 3.8) is 0 Å². The Labute approximate surface area is 147 Å². The Hall–Kier alpha value is -2.69. The zero-order valence-corrected chi connectivity index (χ0v) is 14.7. The van der Waals surface area contributed by atoms with E-state index < -0.39 is 28.1 Å². The molecule has 0 bridgehead atoms. The average Bonchev–Trinajstić information content (AvgIpc) is 2.83. The van der Waals surface area contributed by atoms with Crippen molar-refractivity contribution in [1.82, 2.24) is 4.57 Å². The maximum Gasteiger partial charge on any atom is 0.573 e. The van der Waals surface area contributed by atoms with Crippen LogP contribution in [0.1, 0.15) is 16.2 Å². The van der Waals surface area contributed by atoms with Crippen LogP contribution >= 0.6 is 0 Å². The van der Waals surface area contributed by atoms with E-state index in [0.29, 0.717) is 0 Å². The Bertz CT molecular complexity index is 918. The zero-order valence-electron chi connectivity index (χ0n) is 13.9. The normalized spacial score (nSPS) is 11.9. The molecule has 2 aromatic rings. The van der Waals surface area contributed by atoms with E-state index in [2.05, 4.69) is 14.2 Å². The van der Waals surface area contributed by atoms with Crippen LogP contribution < -0.4 is 9.46 Å². The first kappa shape index (κ1) is 19.6. The highest BCUT2D eigenvalue weighted by molar-refractivity contribution is 7.92. The quantitative estimate of drug-likeness (QED) is 0.791. The number of methoxy groups -OCH3 is 1. The van der Waals surface area contributed by atoms with Crippen molar-refractivity contribution in [2.24, 2.45) is 7.05 Å². The van der Waals surface area contributed by atoms with Gasteiger partial charge < -0.3 is 14.0 Å². The van der Waals surface area contributed by atoms with Gasteiger partial charge in [0.15, 0.2) is 0 Å². The summed E-state index contributed by atoms with van der Waals surface area (Å²) < 4.78 is 73.4. The second kappa shape index (κ2) is 6.90. The first-order valence-corrected chi connectivity index (χ1v) is 8.56. The predicted octanol–water partition coefficient (Wildman–Crippen LogP) is 2.82. The Kier molecular flexibility index (Phi) is 5.21. The van der Waals surface area contributed by atoms with Gasteiger partial charge in [-0.25, -0.2) is 13.2 Å². The molecule has 11 heteroatoms. The molecule has 0 amide bonds. The minimum absolute atomic E-state index is 0.0300. The van der Waals surface area contributed by atoms with Gasteiger partial charge in [0.1, 0.15) is 16.3 Å². The Balaban J connectivity index is 2.28. The summed E-state index contributed by atoms with van der Waals surface area (Å²) in [5.41, 5.74) is 0.358. The molecule has 0 saturated heterocycles. The van der Waals surface area contributed by atoms with Crippen molar-refractivity contribution in [2.75, 3.05) is 11.8 Å². The van der Waals surface area contributed by atoms with Gasteiger partial charge >= 0.3 is 12.3 Å². The molecule has 142 valence electrons. The van der Waals surface area contributed by atoms with Crippen LogP contribution in [0.25, 0.3) is 0 Å². The maximum absolute atomic E-state index is 12.5. The third-order valence-electron chi connectivity index (χ3n) is 3.51. The molecule has 0 radical (unpaired) electrons. The van der Waals surface area contributed by atoms with Crippen molar-refractivity contribution in [3.05, 3.63) is 41.7 Å². The number of hydrogen-bond donors (Lipinski definition) is 1. The average molecular weight is 392 g/mol. The number of hydrogen-bond acceptors (Lipinski definition) is 5. The van der Waals surface area contributed by atoms with E-state index in [1.54, 1.807) is 0 Å². The number of anilines is 1.